The Bertz CT molecular complexity index is 415. The van der Waals surface area contributed by atoms with Crippen molar-refractivity contribution in [3.05, 3.63) is 23.3 Å². The number of hydrogen-bond acceptors (Lipinski definition) is 3. The van der Waals surface area contributed by atoms with E-state index in [-0.39, 0.29) is 5.92 Å². The predicted molar refractivity (Wildman–Crippen MR) is 70.0 cm³/mol. The highest BCUT2D eigenvalue weighted by Gasteiger charge is 2.14. The molecule has 1 aromatic carbocycles. The van der Waals surface area contributed by atoms with E-state index in [1.54, 1.807) is 14.0 Å². The molecular weight excluding hydrogens is 236 g/mol. The fourth-order valence-corrected chi connectivity index (χ4v) is 2.79. The van der Waals surface area contributed by atoms with Crippen molar-refractivity contribution in [3.63, 3.8) is 0 Å². The molecule has 4 heteroatoms. The summed E-state index contributed by atoms with van der Waals surface area (Å²) in [5.41, 5.74) is 2.24. The number of aliphatic carboxylic acids is 1. The number of methoxy groups -OCH3 is 1. The van der Waals surface area contributed by atoms with Crippen LogP contribution in [-0.2, 0) is 4.79 Å². The molecule has 17 heavy (non-hydrogen) atoms. The van der Waals surface area contributed by atoms with Gasteiger partial charge in [0, 0.05) is 10.6 Å². The zero-order chi connectivity index (χ0) is 13.0. The van der Waals surface area contributed by atoms with Gasteiger partial charge in [-0.1, -0.05) is 13.0 Å². The molecule has 0 aliphatic rings. The normalized spacial score (nSPS) is 12.2. The zero-order valence-electron chi connectivity index (χ0n) is 10.6. The number of rotatable bonds is 5. The van der Waals surface area contributed by atoms with Crippen LogP contribution in [0.1, 0.15) is 18.1 Å². The van der Waals surface area contributed by atoms with Gasteiger partial charge in [0.05, 0.1) is 13.0 Å². The fraction of sp³-hybridized carbons (Fsp3) is 0.462. The van der Waals surface area contributed by atoms with Crippen molar-refractivity contribution in [1.82, 2.24) is 0 Å². The summed E-state index contributed by atoms with van der Waals surface area (Å²) >= 11 is 1.53. The summed E-state index contributed by atoms with van der Waals surface area (Å²) in [6.07, 6.45) is 0. The topological polar surface area (TPSA) is 46.5 Å². The molecule has 0 fully saturated rings. The van der Waals surface area contributed by atoms with Gasteiger partial charge in [0.2, 0.25) is 0 Å². The van der Waals surface area contributed by atoms with Crippen LogP contribution in [0.2, 0.25) is 0 Å². The van der Waals surface area contributed by atoms with E-state index < -0.39 is 5.97 Å². The van der Waals surface area contributed by atoms with Crippen molar-refractivity contribution < 1.29 is 14.6 Å². The second-order valence-electron chi connectivity index (χ2n) is 4.16. The first-order valence-electron chi connectivity index (χ1n) is 5.46. The number of aryl methyl sites for hydroxylation is 2. The maximum Gasteiger partial charge on any atom is 0.307 e. The number of hydrogen-bond donors (Lipinski definition) is 1. The standard InChI is InChI=1S/C13H18O3S/c1-8-5-9(2)12(16-4)11(6-8)17-7-10(3)13(14)15/h5-6,10H,7H2,1-4H3,(H,14,15). The van der Waals surface area contributed by atoms with E-state index in [0.29, 0.717) is 5.75 Å². The molecule has 0 radical (unpaired) electrons. The Hall–Kier alpha value is -1.16. The summed E-state index contributed by atoms with van der Waals surface area (Å²) in [5, 5.41) is 8.85. The van der Waals surface area contributed by atoms with Gasteiger partial charge in [-0.3, -0.25) is 4.79 Å². The smallest absolute Gasteiger partial charge is 0.307 e. The van der Waals surface area contributed by atoms with Gasteiger partial charge >= 0.3 is 5.97 Å². The van der Waals surface area contributed by atoms with Crippen LogP contribution in [0.5, 0.6) is 5.75 Å². The Morgan fingerprint density at radius 2 is 2.12 bits per heavy atom. The van der Waals surface area contributed by atoms with Crippen molar-refractivity contribution in [3.8, 4) is 5.75 Å². The van der Waals surface area contributed by atoms with E-state index in [1.165, 1.54) is 11.8 Å². The number of benzene rings is 1. The lowest BCUT2D eigenvalue weighted by atomic mass is 10.1. The van der Waals surface area contributed by atoms with Gasteiger partial charge in [-0.15, -0.1) is 11.8 Å². The minimum Gasteiger partial charge on any atom is -0.495 e. The molecule has 0 spiro atoms. The zero-order valence-corrected chi connectivity index (χ0v) is 11.4. The van der Waals surface area contributed by atoms with Crippen LogP contribution in [0.15, 0.2) is 17.0 Å². The van der Waals surface area contributed by atoms with Crippen LogP contribution >= 0.6 is 11.8 Å². The first-order chi connectivity index (χ1) is 7.95. The predicted octanol–water partition coefficient (Wildman–Crippen LogP) is 3.12. The van der Waals surface area contributed by atoms with E-state index in [4.69, 9.17) is 9.84 Å². The maximum atomic E-state index is 10.8. The van der Waals surface area contributed by atoms with Crippen molar-refractivity contribution in [1.29, 1.82) is 0 Å². The second-order valence-corrected chi connectivity index (χ2v) is 5.23. The third-order valence-corrected chi connectivity index (χ3v) is 3.78. The number of thioether (sulfide) groups is 1. The summed E-state index contributed by atoms with van der Waals surface area (Å²) in [5.74, 6) is 0.277. The Kier molecular flexibility index (Phi) is 4.87. The minimum absolute atomic E-state index is 0.356. The van der Waals surface area contributed by atoms with Gasteiger partial charge in [0.1, 0.15) is 5.75 Å². The Labute approximate surface area is 106 Å². The van der Waals surface area contributed by atoms with Gasteiger partial charge in [0.25, 0.3) is 0 Å². The summed E-state index contributed by atoms with van der Waals surface area (Å²) < 4.78 is 5.36. The molecule has 0 saturated heterocycles. The monoisotopic (exact) mass is 254 g/mol. The molecule has 0 aromatic heterocycles. The largest absolute Gasteiger partial charge is 0.495 e. The van der Waals surface area contributed by atoms with Crippen LogP contribution in [0.3, 0.4) is 0 Å². The van der Waals surface area contributed by atoms with Gasteiger partial charge in [-0.25, -0.2) is 0 Å². The van der Waals surface area contributed by atoms with Crippen LogP contribution in [0.4, 0.5) is 0 Å². The number of ether oxygens (including phenoxy) is 1. The van der Waals surface area contributed by atoms with Gasteiger partial charge in [-0.2, -0.15) is 0 Å². The van der Waals surface area contributed by atoms with Gasteiger partial charge in [0.15, 0.2) is 0 Å². The Morgan fingerprint density at radius 3 is 2.65 bits per heavy atom. The lowest BCUT2D eigenvalue weighted by Gasteiger charge is -2.13. The molecule has 0 amide bonds. The quantitative estimate of drug-likeness (QED) is 0.820. The van der Waals surface area contributed by atoms with E-state index in [2.05, 4.69) is 6.07 Å². The number of carbonyl (C=O) groups is 1. The summed E-state index contributed by atoms with van der Waals surface area (Å²) in [4.78, 5) is 11.8. The Morgan fingerprint density at radius 1 is 1.47 bits per heavy atom. The highest BCUT2D eigenvalue weighted by atomic mass is 32.2. The lowest BCUT2D eigenvalue weighted by molar-refractivity contribution is -0.140. The molecule has 1 unspecified atom stereocenters. The van der Waals surface area contributed by atoms with E-state index in [9.17, 15) is 4.79 Å². The average molecular weight is 254 g/mol. The highest BCUT2D eigenvalue weighted by Crippen LogP contribution is 2.34. The molecule has 1 atom stereocenters. The molecule has 94 valence electrons. The van der Waals surface area contributed by atoms with E-state index >= 15 is 0 Å². The minimum atomic E-state index is -0.763. The molecule has 1 N–H and O–H groups in total. The van der Waals surface area contributed by atoms with Crippen LogP contribution in [0.25, 0.3) is 0 Å². The molecule has 0 aliphatic carbocycles. The molecule has 0 bridgehead atoms. The lowest BCUT2D eigenvalue weighted by Crippen LogP contribution is -2.11. The molecule has 0 heterocycles. The van der Waals surface area contributed by atoms with Crippen molar-refractivity contribution in [2.24, 2.45) is 5.92 Å². The highest BCUT2D eigenvalue weighted by molar-refractivity contribution is 7.99. The van der Waals surface area contributed by atoms with Gasteiger partial charge in [-0.05, 0) is 31.0 Å². The van der Waals surface area contributed by atoms with Gasteiger partial charge < -0.3 is 9.84 Å². The molecule has 1 aromatic rings. The first kappa shape index (κ1) is 13.9. The second kappa shape index (κ2) is 5.96. The first-order valence-corrected chi connectivity index (χ1v) is 6.45. The van der Waals surface area contributed by atoms with Crippen molar-refractivity contribution >= 4 is 17.7 Å². The SMILES string of the molecule is COc1c(C)cc(C)cc1SCC(C)C(=O)O. The number of carboxylic acids is 1. The van der Waals surface area contributed by atoms with Crippen LogP contribution in [0, 0.1) is 19.8 Å². The molecule has 1 rings (SSSR count). The van der Waals surface area contributed by atoms with Crippen molar-refractivity contribution in [2.75, 3.05) is 12.9 Å². The van der Waals surface area contributed by atoms with Crippen molar-refractivity contribution in [2.45, 2.75) is 25.7 Å². The fourth-order valence-electron chi connectivity index (χ4n) is 1.57. The van der Waals surface area contributed by atoms with Crippen LogP contribution < -0.4 is 4.74 Å². The summed E-state index contributed by atoms with van der Waals surface area (Å²) in [6.45, 7) is 5.73. The Balaban J connectivity index is 2.86. The third-order valence-electron chi connectivity index (χ3n) is 2.50. The van der Waals surface area contributed by atoms with E-state index in [1.807, 2.05) is 19.9 Å². The maximum absolute atomic E-state index is 10.8. The van der Waals surface area contributed by atoms with E-state index in [0.717, 1.165) is 21.8 Å². The van der Waals surface area contributed by atoms with Crippen LogP contribution in [-0.4, -0.2) is 23.9 Å². The number of carboxylic acid groups (broad SMARTS) is 1. The molecule has 3 nitrogen and oxygen atoms in total. The summed E-state index contributed by atoms with van der Waals surface area (Å²) in [6, 6.07) is 4.09. The molecular formula is C13H18O3S. The molecule has 0 aliphatic heterocycles. The average Bonchev–Trinajstić information content (AvgIpc) is 2.24. The summed E-state index contributed by atoms with van der Waals surface area (Å²) in [7, 11) is 1.64. The third kappa shape index (κ3) is 3.66. The molecule has 0 saturated carbocycles.